The van der Waals surface area contributed by atoms with Gasteiger partial charge in [-0.2, -0.15) is 4.31 Å². The Morgan fingerprint density at radius 2 is 1.76 bits per heavy atom. The second kappa shape index (κ2) is 8.04. The molecule has 1 unspecified atom stereocenters. The van der Waals surface area contributed by atoms with Gasteiger partial charge >= 0.3 is 0 Å². The first-order valence-electron chi connectivity index (χ1n) is 9.74. The average Bonchev–Trinajstić information content (AvgIpc) is 3.08. The van der Waals surface area contributed by atoms with Crippen LogP contribution in [0.15, 0.2) is 47.4 Å². The van der Waals surface area contributed by atoms with E-state index in [1.807, 2.05) is 18.2 Å². The first kappa shape index (κ1) is 19.7. The average molecular weight is 416 g/mol. The van der Waals surface area contributed by atoms with Crippen LogP contribution in [0.2, 0.25) is 0 Å². The van der Waals surface area contributed by atoms with Crippen molar-refractivity contribution < 1.29 is 22.7 Å². The van der Waals surface area contributed by atoms with Crippen LogP contribution in [-0.4, -0.2) is 38.4 Å². The van der Waals surface area contributed by atoms with E-state index in [1.54, 1.807) is 16.4 Å². The third-order valence-electron chi connectivity index (χ3n) is 5.14. The number of nitrogens with zero attached hydrogens (tertiary/aromatic N) is 1. The minimum absolute atomic E-state index is 0.199. The molecule has 2 aromatic rings. The molecule has 0 saturated carbocycles. The smallest absolute Gasteiger partial charge is 0.243 e. The summed E-state index contributed by atoms with van der Waals surface area (Å²) in [5.41, 5.74) is 1.47. The highest BCUT2D eigenvalue weighted by Gasteiger charge is 2.36. The number of hydrogen-bond donors (Lipinski definition) is 1. The fraction of sp³-hybridized carbons (Fsp3) is 0.381. The molecule has 1 saturated heterocycles. The molecule has 8 heteroatoms. The van der Waals surface area contributed by atoms with E-state index in [-0.39, 0.29) is 16.8 Å². The molecule has 0 aromatic heterocycles. The molecule has 1 atom stereocenters. The molecule has 1 fully saturated rings. The Kier molecular flexibility index (Phi) is 5.47. The zero-order valence-electron chi connectivity index (χ0n) is 16.3. The van der Waals surface area contributed by atoms with E-state index in [2.05, 4.69) is 5.32 Å². The van der Waals surface area contributed by atoms with Gasteiger partial charge < -0.3 is 14.8 Å². The highest BCUT2D eigenvalue weighted by atomic mass is 32.2. The van der Waals surface area contributed by atoms with Crippen LogP contribution in [0.5, 0.6) is 11.5 Å². The molecule has 0 bridgehead atoms. The summed E-state index contributed by atoms with van der Waals surface area (Å²) in [6, 6.07) is 11.7. The van der Waals surface area contributed by atoms with Crippen LogP contribution < -0.4 is 14.8 Å². The molecule has 4 rings (SSSR count). The fourth-order valence-corrected chi connectivity index (χ4v) is 5.48. The number of carbonyl (C=O) groups excluding carboxylic acids is 1. The van der Waals surface area contributed by atoms with Gasteiger partial charge in [0.25, 0.3) is 0 Å². The van der Waals surface area contributed by atoms with E-state index >= 15 is 0 Å². The summed E-state index contributed by atoms with van der Waals surface area (Å²) in [5, 5.41) is 2.65. The van der Waals surface area contributed by atoms with Crippen LogP contribution in [-0.2, 0) is 14.8 Å². The third-order valence-corrected chi connectivity index (χ3v) is 7.06. The quantitative estimate of drug-likeness (QED) is 0.826. The molecule has 1 amide bonds. The summed E-state index contributed by atoms with van der Waals surface area (Å²) in [7, 11) is -3.66. The highest BCUT2D eigenvalue weighted by molar-refractivity contribution is 7.89. The van der Waals surface area contributed by atoms with Gasteiger partial charge in [-0.1, -0.05) is 6.07 Å². The van der Waals surface area contributed by atoms with Gasteiger partial charge in [-0.15, -0.1) is 0 Å². The zero-order valence-corrected chi connectivity index (χ0v) is 17.1. The van der Waals surface area contributed by atoms with Gasteiger partial charge in [0, 0.05) is 25.6 Å². The van der Waals surface area contributed by atoms with Crippen molar-refractivity contribution in [3.05, 3.63) is 48.0 Å². The van der Waals surface area contributed by atoms with Crippen molar-refractivity contribution in [1.29, 1.82) is 0 Å². The van der Waals surface area contributed by atoms with E-state index in [0.717, 1.165) is 24.8 Å². The molecule has 7 nitrogen and oxygen atoms in total. The normalized spacial score (nSPS) is 19.6. The van der Waals surface area contributed by atoms with Crippen molar-refractivity contribution in [2.45, 2.75) is 37.1 Å². The van der Waals surface area contributed by atoms with E-state index in [9.17, 15) is 13.2 Å². The number of sulfonamides is 1. The molecule has 2 aliphatic rings. The Hall–Kier alpha value is -2.58. The summed E-state index contributed by atoms with van der Waals surface area (Å²) in [5.74, 6) is 1.17. The number of amides is 1. The Morgan fingerprint density at radius 1 is 1.03 bits per heavy atom. The Morgan fingerprint density at radius 3 is 2.48 bits per heavy atom. The standard InChI is InChI=1S/C21H24N2O5S/c1-15(24)22-17-6-8-18(9-7-17)29(25,26)23-11-2-4-19(23)16-5-10-20-21(14-16)28-13-3-12-27-20/h5-10,14,19H,2-4,11-13H2,1H3,(H,22,24). The summed E-state index contributed by atoms with van der Waals surface area (Å²) >= 11 is 0. The molecule has 29 heavy (non-hydrogen) atoms. The molecular weight excluding hydrogens is 392 g/mol. The van der Waals surface area contributed by atoms with Gasteiger partial charge in [0.2, 0.25) is 15.9 Å². The largest absolute Gasteiger partial charge is 0.490 e. The van der Waals surface area contributed by atoms with Crippen molar-refractivity contribution in [2.24, 2.45) is 0 Å². The first-order valence-corrected chi connectivity index (χ1v) is 11.2. The number of nitrogens with one attached hydrogen (secondary N) is 1. The monoisotopic (exact) mass is 416 g/mol. The van der Waals surface area contributed by atoms with Gasteiger partial charge in [-0.3, -0.25) is 4.79 Å². The lowest BCUT2D eigenvalue weighted by atomic mass is 10.0. The van der Waals surface area contributed by atoms with E-state index in [0.29, 0.717) is 36.9 Å². The summed E-state index contributed by atoms with van der Waals surface area (Å²) < 4.78 is 39.6. The topological polar surface area (TPSA) is 84.9 Å². The number of hydrogen-bond acceptors (Lipinski definition) is 5. The van der Waals surface area contributed by atoms with Gasteiger partial charge in [-0.05, 0) is 54.8 Å². The number of ether oxygens (including phenoxy) is 2. The lowest BCUT2D eigenvalue weighted by Crippen LogP contribution is -2.30. The van der Waals surface area contributed by atoms with Crippen LogP contribution in [0.4, 0.5) is 5.69 Å². The molecule has 0 radical (unpaired) electrons. The summed E-state index contributed by atoms with van der Waals surface area (Å²) in [6.07, 6.45) is 2.37. The summed E-state index contributed by atoms with van der Waals surface area (Å²) in [6.45, 7) is 3.08. The van der Waals surface area contributed by atoms with Gasteiger partial charge in [-0.25, -0.2) is 8.42 Å². The maximum Gasteiger partial charge on any atom is 0.243 e. The molecule has 2 aromatic carbocycles. The predicted molar refractivity (Wildman–Crippen MR) is 109 cm³/mol. The maximum absolute atomic E-state index is 13.3. The number of carbonyl (C=O) groups is 1. The molecule has 2 heterocycles. The molecule has 1 N–H and O–H groups in total. The van der Waals surface area contributed by atoms with Crippen LogP contribution in [0, 0.1) is 0 Å². The van der Waals surface area contributed by atoms with Crippen LogP contribution in [0.25, 0.3) is 0 Å². The van der Waals surface area contributed by atoms with Crippen molar-refractivity contribution in [1.82, 2.24) is 4.31 Å². The second-order valence-corrected chi connectivity index (χ2v) is 9.13. The highest BCUT2D eigenvalue weighted by Crippen LogP contribution is 2.40. The van der Waals surface area contributed by atoms with Crippen LogP contribution >= 0.6 is 0 Å². The molecule has 154 valence electrons. The third kappa shape index (κ3) is 4.09. The minimum atomic E-state index is -3.66. The molecule has 0 spiro atoms. The number of rotatable bonds is 4. The molecule has 2 aliphatic heterocycles. The second-order valence-electron chi connectivity index (χ2n) is 7.24. The van der Waals surface area contributed by atoms with Gasteiger partial charge in [0.15, 0.2) is 11.5 Å². The molecular formula is C21H24N2O5S. The van der Waals surface area contributed by atoms with Crippen LogP contribution in [0.3, 0.4) is 0 Å². The number of anilines is 1. The summed E-state index contributed by atoms with van der Waals surface area (Å²) in [4.78, 5) is 11.4. The number of fused-ring (bicyclic) bond motifs is 1. The van der Waals surface area contributed by atoms with Crippen molar-refractivity contribution in [2.75, 3.05) is 25.1 Å². The van der Waals surface area contributed by atoms with Crippen LogP contribution in [0.1, 0.15) is 37.8 Å². The van der Waals surface area contributed by atoms with E-state index in [1.165, 1.54) is 19.1 Å². The predicted octanol–water partition coefficient (Wildman–Crippen LogP) is 3.33. The lowest BCUT2D eigenvalue weighted by molar-refractivity contribution is -0.114. The Labute approximate surface area is 170 Å². The minimum Gasteiger partial charge on any atom is -0.490 e. The van der Waals surface area contributed by atoms with Crippen molar-refractivity contribution in [3.8, 4) is 11.5 Å². The fourth-order valence-electron chi connectivity index (χ4n) is 3.80. The lowest BCUT2D eigenvalue weighted by Gasteiger charge is -2.25. The van der Waals surface area contributed by atoms with Crippen molar-refractivity contribution >= 4 is 21.6 Å². The Bertz CT molecular complexity index is 1000. The first-order chi connectivity index (χ1) is 13.9. The van der Waals surface area contributed by atoms with Crippen molar-refractivity contribution in [3.63, 3.8) is 0 Å². The van der Waals surface area contributed by atoms with E-state index in [4.69, 9.17) is 9.47 Å². The SMILES string of the molecule is CC(=O)Nc1ccc(S(=O)(=O)N2CCCC2c2ccc3c(c2)OCCCO3)cc1. The van der Waals surface area contributed by atoms with Gasteiger partial charge in [0.1, 0.15) is 0 Å². The van der Waals surface area contributed by atoms with E-state index < -0.39 is 10.0 Å². The van der Waals surface area contributed by atoms with Gasteiger partial charge in [0.05, 0.1) is 24.2 Å². The zero-order chi connectivity index (χ0) is 20.4. The molecule has 0 aliphatic carbocycles. The Balaban J connectivity index is 1.60. The number of benzene rings is 2. The maximum atomic E-state index is 13.3.